The first-order valence-electron chi connectivity index (χ1n) is 11.6. The van der Waals surface area contributed by atoms with E-state index in [1.54, 1.807) is 12.1 Å². The van der Waals surface area contributed by atoms with Crippen LogP contribution in [-0.2, 0) is 29.1 Å². The predicted octanol–water partition coefficient (Wildman–Crippen LogP) is 3.89. The standard InChI is InChI=1S/C27H26N2O7/c30-23-15-28(26(31)33-16-19-7-3-1-4-8-19)29(27(32)34-17-20-9-5-2-6-10-20)22(23)13-21-11-12-24-25(14-21)36-18-35-24/h1-12,14,22-23,30H,13,15-18H2/t22-,23+/m1/s1. The molecule has 0 radical (unpaired) electrons. The van der Waals surface area contributed by atoms with Crippen LogP contribution < -0.4 is 9.47 Å². The molecule has 0 aromatic heterocycles. The van der Waals surface area contributed by atoms with Gasteiger partial charge in [0.15, 0.2) is 11.5 Å². The van der Waals surface area contributed by atoms with Crippen LogP contribution >= 0.6 is 0 Å². The van der Waals surface area contributed by atoms with Crippen LogP contribution in [0.4, 0.5) is 9.59 Å². The zero-order valence-electron chi connectivity index (χ0n) is 19.5. The lowest BCUT2D eigenvalue weighted by Crippen LogP contribution is -2.49. The van der Waals surface area contributed by atoms with E-state index >= 15 is 0 Å². The Morgan fingerprint density at radius 3 is 2.08 bits per heavy atom. The Labute approximate surface area is 208 Å². The summed E-state index contributed by atoms with van der Waals surface area (Å²) >= 11 is 0. The molecular weight excluding hydrogens is 464 g/mol. The molecule has 9 nitrogen and oxygen atoms in total. The molecule has 0 unspecified atom stereocenters. The molecule has 0 spiro atoms. The Balaban J connectivity index is 1.34. The van der Waals surface area contributed by atoms with Gasteiger partial charge in [0.25, 0.3) is 0 Å². The summed E-state index contributed by atoms with van der Waals surface area (Å²) < 4.78 is 21.8. The molecule has 2 aliphatic heterocycles. The number of fused-ring (bicyclic) bond motifs is 1. The van der Waals surface area contributed by atoms with Crippen LogP contribution in [0.1, 0.15) is 16.7 Å². The Morgan fingerprint density at radius 2 is 1.42 bits per heavy atom. The molecule has 0 saturated carbocycles. The van der Waals surface area contributed by atoms with E-state index in [2.05, 4.69) is 0 Å². The van der Waals surface area contributed by atoms with E-state index in [-0.39, 0.29) is 33.0 Å². The smallest absolute Gasteiger partial charge is 0.429 e. The number of hydrazine groups is 1. The second-order valence-electron chi connectivity index (χ2n) is 8.53. The summed E-state index contributed by atoms with van der Waals surface area (Å²) in [5, 5.41) is 13.2. The van der Waals surface area contributed by atoms with Crippen molar-refractivity contribution in [2.24, 2.45) is 0 Å². The van der Waals surface area contributed by atoms with Crippen molar-refractivity contribution in [3.63, 3.8) is 0 Å². The monoisotopic (exact) mass is 490 g/mol. The fourth-order valence-corrected chi connectivity index (χ4v) is 4.24. The van der Waals surface area contributed by atoms with Crippen LogP contribution in [0.2, 0.25) is 0 Å². The Kier molecular flexibility index (Phi) is 6.90. The molecule has 1 saturated heterocycles. The molecule has 0 aliphatic carbocycles. The highest BCUT2D eigenvalue weighted by Crippen LogP contribution is 2.34. The number of hydrogen-bond donors (Lipinski definition) is 1. The largest absolute Gasteiger partial charge is 0.454 e. The maximum Gasteiger partial charge on any atom is 0.429 e. The van der Waals surface area contributed by atoms with E-state index in [0.717, 1.165) is 26.7 Å². The summed E-state index contributed by atoms with van der Waals surface area (Å²) in [6.07, 6.45) is -2.25. The number of benzene rings is 3. The number of aliphatic hydroxyl groups excluding tert-OH is 1. The van der Waals surface area contributed by atoms with Gasteiger partial charge in [0.1, 0.15) is 13.2 Å². The number of rotatable bonds is 6. The third kappa shape index (κ3) is 5.21. The Morgan fingerprint density at radius 1 is 0.806 bits per heavy atom. The number of amides is 2. The average Bonchev–Trinajstić information content (AvgIpc) is 3.51. The molecule has 186 valence electrons. The van der Waals surface area contributed by atoms with E-state index < -0.39 is 24.3 Å². The molecule has 3 aromatic rings. The lowest BCUT2D eigenvalue weighted by atomic mass is 10.0. The zero-order chi connectivity index (χ0) is 24.9. The number of carbonyl (C=O) groups is 2. The molecule has 0 bridgehead atoms. The van der Waals surface area contributed by atoms with Gasteiger partial charge in [0.2, 0.25) is 6.79 Å². The maximum atomic E-state index is 13.2. The average molecular weight is 491 g/mol. The number of carbonyl (C=O) groups excluding carboxylic acids is 2. The molecule has 1 fully saturated rings. The molecule has 3 aromatic carbocycles. The molecule has 2 atom stereocenters. The van der Waals surface area contributed by atoms with Gasteiger partial charge >= 0.3 is 12.2 Å². The van der Waals surface area contributed by atoms with Crippen LogP contribution in [0.3, 0.4) is 0 Å². The fraction of sp³-hybridized carbons (Fsp3) is 0.259. The van der Waals surface area contributed by atoms with Crippen molar-refractivity contribution >= 4 is 12.2 Å². The molecule has 2 heterocycles. The molecule has 1 N–H and O–H groups in total. The van der Waals surface area contributed by atoms with Crippen molar-refractivity contribution in [1.82, 2.24) is 10.0 Å². The van der Waals surface area contributed by atoms with E-state index in [4.69, 9.17) is 18.9 Å². The predicted molar refractivity (Wildman–Crippen MR) is 128 cm³/mol. The quantitative estimate of drug-likeness (QED) is 0.560. The summed E-state index contributed by atoms with van der Waals surface area (Å²) in [6, 6.07) is 23.1. The number of nitrogens with zero attached hydrogens (tertiary/aromatic N) is 2. The van der Waals surface area contributed by atoms with Crippen LogP contribution in [0.15, 0.2) is 78.9 Å². The third-order valence-corrected chi connectivity index (χ3v) is 6.07. The summed E-state index contributed by atoms with van der Waals surface area (Å²) in [7, 11) is 0. The topological polar surface area (TPSA) is 97.8 Å². The summed E-state index contributed by atoms with van der Waals surface area (Å²) in [6.45, 7) is 0.0923. The third-order valence-electron chi connectivity index (χ3n) is 6.07. The highest BCUT2D eigenvalue weighted by atomic mass is 16.7. The minimum atomic E-state index is -1.01. The van der Waals surface area contributed by atoms with Gasteiger partial charge in [-0.2, -0.15) is 0 Å². The van der Waals surface area contributed by atoms with Gasteiger partial charge < -0.3 is 24.1 Å². The molecular formula is C27H26N2O7. The van der Waals surface area contributed by atoms with Crippen molar-refractivity contribution < 1.29 is 33.6 Å². The lowest BCUT2D eigenvalue weighted by molar-refractivity contribution is -0.0151. The van der Waals surface area contributed by atoms with E-state index in [1.165, 1.54) is 0 Å². The van der Waals surface area contributed by atoms with Crippen LogP contribution in [0, 0.1) is 0 Å². The van der Waals surface area contributed by atoms with Gasteiger partial charge in [-0.3, -0.25) is 0 Å². The SMILES string of the molecule is O=C(OCc1ccccc1)N1C[C@H](O)[C@@H](Cc2ccc3c(c2)OCO3)N1C(=O)OCc1ccccc1. The summed E-state index contributed by atoms with van der Waals surface area (Å²) in [5.74, 6) is 1.23. The van der Waals surface area contributed by atoms with Gasteiger partial charge in [-0.1, -0.05) is 66.7 Å². The van der Waals surface area contributed by atoms with Crippen LogP contribution in [-0.4, -0.2) is 52.8 Å². The van der Waals surface area contributed by atoms with Crippen LogP contribution in [0.5, 0.6) is 11.5 Å². The first-order chi connectivity index (χ1) is 17.6. The van der Waals surface area contributed by atoms with Crippen molar-refractivity contribution in [1.29, 1.82) is 0 Å². The van der Waals surface area contributed by atoms with Gasteiger partial charge in [-0.05, 0) is 35.2 Å². The van der Waals surface area contributed by atoms with Crippen molar-refractivity contribution in [3.05, 3.63) is 95.6 Å². The summed E-state index contributed by atoms with van der Waals surface area (Å²) in [4.78, 5) is 26.3. The second-order valence-corrected chi connectivity index (χ2v) is 8.53. The van der Waals surface area contributed by atoms with Crippen molar-refractivity contribution in [2.75, 3.05) is 13.3 Å². The molecule has 9 heteroatoms. The maximum absolute atomic E-state index is 13.2. The highest BCUT2D eigenvalue weighted by Gasteiger charge is 2.46. The van der Waals surface area contributed by atoms with Crippen molar-refractivity contribution in [2.45, 2.75) is 31.8 Å². The second kappa shape index (κ2) is 10.6. The number of hydrogen-bond acceptors (Lipinski definition) is 7. The van der Waals surface area contributed by atoms with Gasteiger partial charge in [-0.15, -0.1) is 0 Å². The fourth-order valence-electron chi connectivity index (χ4n) is 4.24. The number of ether oxygens (including phenoxy) is 4. The summed E-state index contributed by atoms with van der Waals surface area (Å²) in [5.41, 5.74) is 2.42. The normalized spacial score (nSPS) is 18.2. The van der Waals surface area contributed by atoms with Crippen molar-refractivity contribution in [3.8, 4) is 11.5 Å². The van der Waals surface area contributed by atoms with E-state index in [0.29, 0.717) is 11.5 Å². The van der Waals surface area contributed by atoms with Gasteiger partial charge in [-0.25, -0.2) is 19.6 Å². The first-order valence-corrected chi connectivity index (χ1v) is 11.6. The number of β-amino-alcohol motifs (C(OH)–C–C–N with tert-alkyl or cyclic N) is 1. The zero-order valence-corrected chi connectivity index (χ0v) is 19.5. The minimum Gasteiger partial charge on any atom is -0.454 e. The molecule has 2 aliphatic rings. The lowest BCUT2D eigenvalue weighted by Gasteiger charge is -2.30. The van der Waals surface area contributed by atoms with E-state index in [9.17, 15) is 14.7 Å². The molecule has 2 amide bonds. The number of aliphatic hydroxyl groups is 1. The Bertz CT molecular complexity index is 1210. The van der Waals surface area contributed by atoms with Gasteiger partial charge in [0.05, 0.1) is 18.7 Å². The molecule has 5 rings (SSSR count). The first kappa shape index (κ1) is 23.5. The Hall–Kier alpha value is -4.24. The van der Waals surface area contributed by atoms with E-state index in [1.807, 2.05) is 66.7 Å². The highest BCUT2D eigenvalue weighted by molar-refractivity contribution is 5.75. The minimum absolute atomic E-state index is 0.0237. The van der Waals surface area contributed by atoms with Gasteiger partial charge in [0, 0.05) is 0 Å². The van der Waals surface area contributed by atoms with Crippen LogP contribution in [0.25, 0.3) is 0 Å². The molecule has 36 heavy (non-hydrogen) atoms.